The van der Waals surface area contributed by atoms with Gasteiger partial charge in [0, 0.05) is 50.9 Å². The fourth-order valence-electron chi connectivity index (χ4n) is 3.88. The smallest absolute Gasteiger partial charge is 0.229 e. The number of halogens is 1. The zero-order chi connectivity index (χ0) is 19.0. The first-order valence-electron chi connectivity index (χ1n) is 9.13. The average molecular weight is 371 g/mol. The molecular formula is C19H22FN5O2. The molecule has 3 heterocycles. The molecule has 2 fully saturated rings. The van der Waals surface area contributed by atoms with Crippen LogP contribution in [-0.2, 0) is 16.6 Å². The van der Waals surface area contributed by atoms with E-state index < -0.39 is 5.82 Å². The summed E-state index contributed by atoms with van der Waals surface area (Å²) in [7, 11) is 1.84. The first-order chi connectivity index (χ1) is 13.0. The summed E-state index contributed by atoms with van der Waals surface area (Å²) in [4.78, 5) is 26.0. The number of aromatic nitrogens is 2. The lowest BCUT2D eigenvalue weighted by atomic mass is 9.90. The van der Waals surface area contributed by atoms with E-state index in [0.717, 1.165) is 12.0 Å². The molecule has 2 aromatic rings. The van der Waals surface area contributed by atoms with E-state index in [4.69, 9.17) is 0 Å². The Bertz CT molecular complexity index is 881. The predicted molar refractivity (Wildman–Crippen MR) is 98.9 cm³/mol. The molecule has 4 rings (SSSR count). The largest absolute Gasteiger partial charge is 0.326 e. The van der Waals surface area contributed by atoms with Crippen molar-refractivity contribution in [2.45, 2.75) is 18.8 Å². The Hall–Kier alpha value is -2.74. The molecule has 2 atom stereocenters. The van der Waals surface area contributed by atoms with Crippen molar-refractivity contribution in [2.24, 2.45) is 13.0 Å². The highest BCUT2D eigenvalue weighted by atomic mass is 19.1. The maximum Gasteiger partial charge on any atom is 0.229 e. The van der Waals surface area contributed by atoms with Gasteiger partial charge in [-0.15, -0.1) is 0 Å². The normalized spacial score (nSPS) is 22.4. The molecule has 0 radical (unpaired) electrons. The molecule has 2 aliphatic rings. The molecule has 2 saturated heterocycles. The predicted octanol–water partition coefficient (Wildman–Crippen LogP) is 1.63. The van der Waals surface area contributed by atoms with E-state index >= 15 is 0 Å². The summed E-state index contributed by atoms with van der Waals surface area (Å²) in [5, 5.41) is 10.2. The van der Waals surface area contributed by atoms with E-state index in [1.54, 1.807) is 23.0 Å². The van der Waals surface area contributed by atoms with Crippen molar-refractivity contribution in [1.29, 1.82) is 0 Å². The minimum Gasteiger partial charge on any atom is -0.326 e. The van der Waals surface area contributed by atoms with E-state index in [2.05, 4.69) is 15.7 Å². The van der Waals surface area contributed by atoms with Gasteiger partial charge in [0.2, 0.25) is 11.8 Å². The third-order valence-corrected chi connectivity index (χ3v) is 5.28. The standard InChI is InChI=1S/C19H22FN5O2/c1-24-11-12(8-22-24)14-9-21-10-15(14)19(27)23-13-4-5-17(16(20)7-13)25-6-2-3-18(25)26/h4-5,7-8,11,14-15,21H,2-3,6,9-10H2,1H3,(H,23,27)/t14-,15+/m1/s1. The number of carbonyl (C=O) groups is 2. The van der Waals surface area contributed by atoms with Crippen LogP contribution in [0.15, 0.2) is 30.6 Å². The SMILES string of the molecule is Cn1cc([C@H]2CNC[C@@H]2C(=O)Nc2ccc(N3CCCC3=O)c(F)c2)cn1. The Morgan fingerprint density at radius 3 is 2.89 bits per heavy atom. The second-order valence-electron chi connectivity index (χ2n) is 7.12. The Morgan fingerprint density at radius 2 is 2.22 bits per heavy atom. The number of hydrogen-bond acceptors (Lipinski definition) is 4. The average Bonchev–Trinajstić information content (AvgIpc) is 3.35. The molecule has 1 aromatic carbocycles. The molecule has 0 spiro atoms. The van der Waals surface area contributed by atoms with Crippen LogP contribution in [0.3, 0.4) is 0 Å². The van der Waals surface area contributed by atoms with Crippen molar-refractivity contribution < 1.29 is 14.0 Å². The lowest BCUT2D eigenvalue weighted by Gasteiger charge is -2.19. The van der Waals surface area contributed by atoms with Crippen LogP contribution in [0.1, 0.15) is 24.3 Å². The van der Waals surface area contributed by atoms with Gasteiger partial charge in [-0.25, -0.2) is 4.39 Å². The van der Waals surface area contributed by atoms with Gasteiger partial charge in [0.25, 0.3) is 0 Å². The lowest BCUT2D eigenvalue weighted by molar-refractivity contribution is -0.119. The number of amides is 2. The summed E-state index contributed by atoms with van der Waals surface area (Å²) in [6.45, 7) is 1.80. The van der Waals surface area contributed by atoms with Crippen LogP contribution in [0.2, 0.25) is 0 Å². The molecule has 27 heavy (non-hydrogen) atoms. The summed E-state index contributed by atoms with van der Waals surface area (Å²) in [5.74, 6) is -0.946. The van der Waals surface area contributed by atoms with Gasteiger partial charge in [-0.05, 0) is 30.2 Å². The molecule has 142 valence electrons. The number of rotatable bonds is 4. The zero-order valence-electron chi connectivity index (χ0n) is 15.1. The Morgan fingerprint density at radius 1 is 1.37 bits per heavy atom. The van der Waals surface area contributed by atoms with Gasteiger partial charge in [-0.3, -0.25) is 14.3 Å². The van der Waals surface area contributed by atoms with Gasteiger partial charge in [-0.1, -0.05) is 0 Å². The third kappa shape index (κ3) is 3.44. The van der Waals surface area contributed by atoms with E-state index in [1.165, 1.54) is 11.0 Å². The number of carbonyl (C=O) groups excluding carboxylic acids is 2. The third-order valence-electron chi connectivity index (χ3n) is 5.28. The van der Waals surface area contributed by atoms with Gasteiger partial charge in [0.1, 0.15) is 5.82 Å². The van der Waals surface area contributed by atoms with Gasteiger partial charge in [0.05, 0.1) is 17.8 Å². The van der Waals surface area contributed by atoms with Crippen LogP contribution >= 0.6 is 0 Å². The quantitative estimate of drug-likeness (QED) is 0.856. The Kier molecular flexibility index (Phi) is 4.65. The van der Waals surface area contributed by atoms with Crippen LogP contribution in [-0.4, -0.2) is 41.2 Å². The highest BCUT2D eigenvalue weighted by molar-refractivity contribution is 5.97. The fraction of sp³-hybridized carbons (Fsp3) is 0.421. The summed E-state index contributed by atoms with van der Waals surface area (Å²) in [6.07, 6.45) is 4.88. The summed E-state index contributed by atoms with van der Waals surface area (Å²) in [5.41, 5.74) is 1.67. The van der Waals surface area contributed by atoms with Crippen LogP contribution in [0.4, 0.5) is 15.8 Å². The molecule has 0 unspecified atom stereocenters. The molecule has 2 amide bonds. The van der Waals surface area contributed by atoms with E-state index in [9.17, 15) is 14.0 Å². The summed E-state index contributed by atoms with van der Waals surface area (Å²) in [6, 6.07) is 4.48. The molecule has 0 saturated carbocycles. The Balaban J connectivity index is 1.47. The maximum absolute atomic E-state index is 14.5. The van der Waals surface area contributed by atoms with Gasteiger partial charge < -0.3 is 15.5 Å². The first-order valence-corrected chi connectivity index (χ1v) is 9.13. The van der Waals surface area contributed by atoms with Gasteiger partial charge in [-0.2, -0.15) is 5.10 Å². The molecule has 1 aromatic heterocycles. The van der Waals surface area contributed by atoms with Crippen molar-refractivity contribution in [3.8, 4) is 0 Å². The molecule has 7 nitrogen and oxygen atoms in total. The number of nitrogens with one attached hydrogen (secondary N) is 2. The molecule has 0 aliphatic carbocycles. The second kappa shape index (κ2) is 7.11. The summed E-state index contributed by atoms with van der Waals surface area (Å²) < 4.78 is 16.2. The monoisotopic (exact) mass is 371 g/mol. The van der Waals surface area contributed by atoms with E-state index in [0.29, 0.717) is 31.7 Å². The van der Waals surface area contributed by atoms with Crippen molar-refractivity contribution in [3.05, 3.63) is 42.0 Å². The number of aryl methyl sites for hydroxylation is 1. The van der Waals surface area contributed by atoms with Crippen LogP contribution in [0.5, 0.6) is 0 Å². The highest BCUT2D eigenvalue weighted by Crippen LogP contribution is 2.30. The highest BCUT2D eigenvalue weighted by Gasteiger charge is 2.35. The van der Waals surface area contributed by atoms with Crippen LogP contribution in [0.25, 0.3) is 0 Å². The topological polar surface area (TPSA) is 79.3 Å². The van der Waals surface area contributed by atoms with E-state index in [1.807, 2.05) is 13.2 Å². The molecule has 8 heteroatoms. The van der Waals surface area contributed by atoms with Crippen molar-refractivity contribution in [2.75, 3.05) is 29.9 Å². The second-order valence-corrected chi connectivity index (χ2v) is 7.12. The zero-order valence-corrected chi connectivity index (χ0v) is 15.1. The van der Waals surface area contributed by atoms with Crippen LogP contribution < -0.4 is 15.5 Å². The minimum absolute atomic E-state index is 0.0324. The molecule has 2 aliphatic heterocycles. The number of hydrogen-bond donors (Lipinski definition) is 2. The van der Waals surface area contributed by atoms with Gasteiger partial charge in [0.15, 0.2) is 0 Å². The molecule has 2 N–H and O–H groups in total. The minimum atomic E-state index is -0.503. The Labute approximate surface area is 156 Å². The van der Waals surface area contributed by atoms with Crippen LogP contribution in [0, 0.1) is 11.7 Å². The molecular weight excluding hydrogens is 349 g/mol. The number of anilines is 2. The fourth-order valence-corrected chi connectivity index (χ4v) is 3.88. The maximum atomic E-state index is 14.5. The lowest BCUT2D eigenvalue weighted by Crippen LogP contribution is -2.28. The summed E-state index contributed by atoms with van der Waals surface area (Å²) >= 11 is 0. The number of benzene rings is 1. The number of nitrogens with zero attached hydrogens (tertiary/aromatic N) is 3. The van der Waals surface area contributed by atoms with Crippen molar-refractivity contribution in [3.63, 3.8) is 0 Å². The van der Waals surface area contributed by atoms with Crippen molar-refractivity contribution in [1.82, 2.24) is 15.1 Å². The van der Waals surface area contributed by atoms with Crippen molar-refractivity contribution >= 4 is 23.2 Å². The van der Waals surface area contributed by atoms with E-state index in [-0.39, 0.29) is 29.3 Å². The van der Waals surface area contributed by atoms with Gasteiger partial charge >= 0.3 is 0 Å². The first kappa shape index (κ1) is 17.7. The molecule has 0 bridgehead atoms.